The standard InChI is InChI=1S/C23H31NO2/c1-2-15-23(26,20-11-13-21(25)14-12-20)22(19-9-5-3-6-10-19)18-24-16-7-4-8-17-24/h3,5-6,9-14,22,25-26H,2,4,7-8,15-18H2,1H3/t22-,23+/m1/s1. The Balaban J connectivity index is 1.99. The van der Waals surface area contributed by atoms with E-state index in [0.29, 0.717) is 6.42 Å². The highest BCUT2D eigenvalue weighted by atomic mass is 16.3. The molecule has 3 rings (SSSR count). The Morgan fingerprint density at radius 2 is 1.62 bits per heavy atom. The minimum absolute atomic E-state index is 0.00583. The summed E-state index contributed by atoms with van der Waals surface area (Å²) in [6.07, 6.45) is 5.40. The van der Waals surface area contributed by atoms with Crippen molar-refractivity contribution in [3.8, 4) is 5.75 Å². The fraction of sp³-hybridized carbons (Fsp3) is 0.478. The Bertz CT molecular complexity index is 664. The van der Waals surface area contributed by atoms with Crippen molar-refractivity contribution in [2.24, 2.45) is 0 Å². The Kier molecular flexibility index (Phi) is 6.33. The zero-order chi connectivity index (χ0) is 18.4. The molecule has 0 saturated carbocycles. The van der Waals surface area contributed by atoms with Crippen molar-refractivity contribution in [1.29, 1.82) is 0 Å². The van der Waals surface area contributed by atoms with Crippen molar-refractivity contribution >= 4 is 0 Å². The van der Waals surface area contributed by atoms with Crippen LogP contribution in [0.15, 0.2) is 54.6 Å². The Labute approximate surface area is 157 Å². The first kappa shape index (κ1) is 18.9. The fourth-order valence-corrected chi connectivity index (χ4v) is 4.27. The minimum atomic E-state index is -0.943. The van der Waals surface area contributed by atoms with Crippen molar-refractivity contribution in [1.82, 2.24) is 4.90 Å². The highest BCUT2D eigenvalue weighted by Crippen LogP contribution is 2.42. The summed E-state index contributed by atoms with van der Waals surface area (Å²) in [6.45, 7) is 5.21. The lowest BCUT2D eigenvalue weighted by Gasteiger charge is -2.41. The largest absolute Gasteiger partial charge is 0.508 e. The number of hydrogen-bond donors (Lipinski definition) is 2. The summed E-state index contributed by atoms with van der Waals surface area (Å²) < 4.78 is 0. The number of aliphatic hydroxyl groups is 1. The lowest BCUT2D eigenvalue weighted by Crippen LogP contribution is -2.42. The van der Waals surface area contributed by atoms with Gasteiger partial charge in [-0.1, -0.05) is 62.2 Å². The monoisotopic (exact) mass is 353 g/mol. The van der Waals surface area contributed by atoms with Gasteiger partial charge in [0.05, 0.1) is 5.60 Å². The third kappa shape index (κ3) is 4.28. The number of phenolic OH excluding ortho intramolecular Hbond substituents is 1. The van der Waals surface area contributed by atoms with Crippen LogP contribution in [0.2, 0.25) is 0 Å². The topological polar surface area (TPSA) is 43.7 Å². The quantitative estimate of drug-likeness (QED) is 0.761. The number of piperidine rings is 1. The van der Waals surface area contributed by atoms with Crippen molar-refractivity contribution in [3.63, 3.8) is 0 Å². The molecule has 3 heteroatoms. The number of aromatic hydroxyl groups is 1. The molecule has 2 atom stereocenters. The van der Waals surface area contributed by atoms with E-state index < -0.39 is 5.60 Å². The molecule has 2 aromatic carbocycles. The summed E-state index contributed by atoms with van der Waals surface area (Å²) in [5, 5.41) is 21.6. The molecule has 1 aliphatic heterocycles. The Morgan fingerprint density at radius 3 is 2.23 bits per heavy atom. The normalized spacial score (nSPS) is 19.0. The second-order valence-electron chi connectivity index (χ2n) is 7.55. The highest BCUT2D eigenvalue weighted by Gasteiger charge is 2.39. The van der Waals surface area contributed by atoms with E-state index in [1.165, 1.54) is 24.8 Å². The summed E-state index contributed by atoms with van der Waals surface area (Å²) >= 11 is 0. The van der Waals surface area contributed by atoms with E-state index in [0.717, 1.165) is 31.6 Å². The van der Waals surface area contributed by atoms with E-state index in [1.807, 2.05) is 18.2 Å². The van der Waals surface area contributed by atoms with Crippen LogP contribution in [-0.2, 0) is 5.60 Å². The molecule has 1 aliphatic rings. The van der Waals surface area contributed by atoms with Gasteiger partial charge in [-0.25, -0.2) is 0 Å². The molecular formula is C23H31NO2. The van der Waals surface area contributed by atoms with Gasteiger partial charge in [0.2, 0.25) is 0 Å². The van der Waals surface area contributed by atoms with Crippen molar-refractivity contribution in [2.45, 2.75) is 50.5 Å². The molecule has 1 fully saturated rings. The first-order valence-electron chi connectivity index (χ1n) is 9.92. The SMILES string of the molecule is CCC[C@](O)(c1ccc(O)cc1)[C@H](CN1CCCCC1)c1ccccc1. The van der Waals surface area contributed by atoms with Crippen LogP contribution in [0.25, 0.3) is 0 Å². The van der Waals surface area contributed by atoms with Gasteiger partial charge in [-0.3, -0.25) is 0 Å². The third-order valence-electron chi connectivity index (χ3n) is 5.67. The lowest BCUT2D eigenvalue weighted by atomic mass is 9.74. The summed E-state index contributed by atoms with van der Waals surface area (Å²) in [5.41, 5.74) is 1.13. The fourth-order valence-electron chi connectivity index (χ4n) is 4.27. The number of likely N-dealkylation sites (tertiary alicyclic amines) is 1. The molecular weight excluding hydrogens is 322 g/mol. The molecule has 1 heterocycles. The second kappa shape index (κ2) is 8.70. The van der Waals surface area contributed by atoms with E-state index in [1.54, 1.807) is 12.1 Å². The molecule has 0 aliphatic carbocycles. The Hall–Kier alpha value is -1.84. The van der Waals surface area contributed by atoms with E-state index in [9.17, 15) is 10.2 Å². The van der Waals surface area contributed by atoms with Crippen molar-refractivity contribution in [3.05, 3.63) is 65.7 Å². The number of nitrogens with zero attached hydrogens (tertiary/aromatic N) is 1. The van der Waals surface area contributed by atoms with Crippen molar-refractivity contribution < 1.29 is 10.2 Å². The maximum absolute atomic E-state index is 11.9. The van der Waals surface area contributed by atoms with Crippen LogP contribution in [0, 0.1) is 0 Å². The molecule has 0 unspecified atom stereocenters. The van der Waals surface area contributed by atoms with E-state index in [-0.39, 0.29) is 11.7 Å². The smallest absolute Gasteiger partial charge is 0.115 e. The van der Waals surface area contributed by atoms with Gasteiger partial charge in [0.15, 0.2) is 0 Å². The van der Waals surface area contributed by atoms with Crippen molar-refractivity contribution in [2.75, 3.05) is 19.6 Å². The maximum atomic E-state index is 11.9. The molecule has 2 N–H and O–H groups in total. The van der Waals surface area contributed by atoms with Gasteiger partial charge < -0.3 is 15.1 Å². The lowest BCUT2D eigenvalue weighted by molar-refractivity contribution is -0.0152. The number of hydrogen-bond acceptors (Lipinski definition) is 3. The van der Waals surface area contributed by atoms with Gasteiger partial charge >= 0.3 is 0 Å². The summed E-state index contributed by atoms with van der Waals surface area (Å²) in [4.78, 5) is 2.50. The van der Waals surface area contributed by atoms with Gasteiger partial charge in [0.25, 0.3) is 0 Å². The third-order valence-corrected chi connectivity index (χ3v) is 5.67. The molecule has 3 nitrogen and oxygen atoms in total. The number of phenols is 1. The predicted octanol–water partition coefficient (Wildman–Crippen LogP) is 4.65. The molecule has 0 spiro atoms. The number of rotatable bonds is 7. The van der Waals surface area contributed by atoms with E-state index in [4.69, 9.17) is 0 Å². The van der Waals surface area contributed by atoms with Gasteiger partial charge in [0.1, 0.15) is 5.75 Å². The molecule has 1 saturated heterocycles. The summed E-state index contributed by atoms with van der Waals surface area (Å²) in [7, 11) is 0. The molecule has 140 valence electrons. The van der Waals surface area contributed by atoms with Crippen LogP contribution in [-0.4, -0.2) is 34.7 Å². The Morgan fingerprint density at radius 1 is 0.962 bits per heavy atom. The number of benzene rings is 2. The minimum Gasteiger partial charge on any atom is -0.508 e. The molecule has 0 amide bonds. The van der Waals surface area contributed by atoms with Gasteiger partial charge in [0, 0.05) is 12.5 Å². The average molecular weight is 354 g/mol. The molecule has 2 aromatic rings. The molecule has 0 bridgehead atoms. The van der Waals surface area contributed by atoms with Crippen LogP contribution < -0.4 is 0 Å². The predicted molar refractivity (Wildman–Crippen MR) is 106 cm³/mol. The molecule has 0 aromatic heterocycles. The maximum Gasteiger partial charge on any atom is 0.115 e. The van der Waals surface area contributed by atoms with Gasteiger partial charge in [-0.2, -0.15) is 0 Å². The van der Waals surface area contributed by atoms with Crippen LogP contribution in [0.3, 0.4) is 0 Å². The van der Waals surface area contributed by atoms with Crippen LogP contribution in [0.1, 0.15) is 56.1 Å². The van der Waals surface area contributed by atoms with Gasteiger partial charge in [-0.05, 0) is 55.6 Å². The van der Waals surface area contributed by atoms with E-state index >= 15 is 0 Å². The summed E-state index contributed by atoms with van der Waals surface area (Å²) in [6, 6.07) is 17.5. The van der Waals surface area contributed by atoms with Crippen LogP contribution >= 0.6 is 0 Å². The van der Waals surface area contributed by atoms with Gasteiger partial charge in [-0.15, -0.1) is 0 Å². The van der Waals surface area contributed by atoms with Crippen LogP contribution in [0.4, 0.5) is 0 Å². The average Bonchev–Trinajstić information content (AvgIpc) is 2.68. The summed E-state index contributed by atoms with van der Waals surface area (Å²) in [5.74, 6) is 0.242. The highest BCUT2D eigenvalue weighted by molar-refractivity contribution is 5.35. The first-order chi connectivity index (χ1) is 12.6. The second-order valence-corrected chi connectivity index (χ2v) is 7.55. The van der Waals surface area contributed by atoms with Crippen LogP contribution in [0.5, 0.6) is 5.75 Å². The zero-order valence-electron chi connectivity index (χ0n) is 15.8. The zero-order valence-corrected chi connectivity index (χ0v) is 15.8. The molecule has 0 radical (unpaired) electrons. The van der Waals surface area contributed by atoms with E-state index in [2.05, 4.69) is 36.1 Å². The first-order valence-corrected chi connectivity index (χ1v) is 9.92. The molecule has 26 heavy (non-hydrogen) atoms.